The molecule has 3 heteroatoms. The largest absolute Gasteiger partial charge is 0.399 e. The zero-order valence-corrected chi connectivity index (χ0v) is 9.92. The third-order valence-electron chi connectivity index (χ3n) is 2.48. The highest BCUT2D eigenvalue weighted by Gasteiger charge is 2.02. The molecule has 0 heterocycles. The zero-order valence-electron chi connectivity index (χ0n) is 9.10. The Kier molecular flexibility index (Phi) is 3.06. The minimum absolute atomic E-state index is 0.734. The lowest BCUT2D eigenvalue weighted by Crippen LogP contribution is -1.92. The summed E-state index contributed by atoms with van der Waals surface area (Å²) in [5.74, 6) is 0. The van der Waals surface area contributed by atoms with Crippen molar-refractivity contribution in [2.24, 2.45) is 0 Å². The fourth-order valence-corrected chi connectivity index (χ4v) is 2.00. The third-order valence-corrected chi connectivity index (χ3v) is 3.22. The van der Waals surface area contributed by atoms with Crippen LogP contribution in [0.15, 0.2) is 47.4 Å². The molecule has 82 valence electrons. The van der Waals surface area contributed by atoms with Crippen LogP contribution in [0.25, 0.3) is 11.1 Å². The van der Waals surface area contributed by atoms with Crippen molar-refractivity contribution in [2.45, 2.75) is 4.90 Å². The Labute approximate surface area is 99.7 Å². The highest BCUT2D eigenvalue weighted by molar-refractivity contribution is 7.98. The predicted molar refractivity (Wildman–Crippen MR) is 72.5 cm³/mol. The van der Waals surface area contributed by atoms with Crippen LogP contribution in [0.4, 0.5) is 11.4 Å². The summed E-state index contributed by atoms with van der Waals surface area (Å²) in [7, 11) is 0. The third kappa shape index (κ3) is 2.14. The van der Waals surface area contributed by atoms with Gasteiger partial charge in [-0.3, -0.25) is 0 Å². The number of hydrogen-bond acceptors (Lipinski definition) is 3. The van der Waals surface area contributed by atoms with Gasteiger partial charge in [0.1, 0.15) is 0 Å². The zero-order chi connectivity index (χ0) is 11.5. The number of rotatable bonds is 2. The van der Waals surface area contributed by atoms with E-state index < -0.39 is 0 Å². The van der Waals surface area contributed by atoms with Crippen LogP contribution in [-0.4, -0.2) is 6.26 Å². The first-order valence-corrected chi connectivity index (χ1v) is 6.22. The molecule has 0 atom stereocenters. The van der Waals surface area contributed by atoms with Crippen molar-refractivity contribution in [3.05, 3.63) is 42.5 Å². The molecule has 16 heavy (non-hydrogen) atoms. The lowest BCUT2D eigenvalue weighted by Gasteiger charge is -2.07. The number of hydrogen-bond donors (Lipinski definition) is 2. The van der Waals surface area contributed by atoms with E-state index in [1.54, 1.807) is 11.8 Å². The van der Waals surface area contributed by atoms with Crippen LogP contribution in [0.2, 0.25) is 0 Å². The van der Waals surface area contributed by atoms with E-state index in [0.29, 0.717) is 0 Å². The molecule has 2 nitrogen and oxygen atoms in total. The Morgan fingerprint density at radius 2 is 1.62 bits per heavy atom. The quantitative estimate of drug-likeness (QED) is 0.615. The first-order chi connectivity index (χ1) is 7.70. The standard InChI is InChI=1S/C13H14N2S/c1-16-11-5-2-9(3-6-11)12-8-10(14)4-7-13(12)15/h2-8H,14-15H2,1H3. The molecule has 0 saturated heterocycles. The molecule has 2 rings (SSSR count). The minimum atomic E-state index is 0.734. The summed E-state index contributed by atoms with van der Waals surface area (Å²) in [6.07, 6.45) is 2.06. The van der Waals surface area contributed by atoms with Gasteiger partial charge in [0.2, 0.25) is 0 Å². The number of nitrogen functional groups attached to an aromatic ring is 2. The van der Waals surface area contributed by atoms with E-state index in [0.717, 1.165) is 22.5 Å². The lowest BCUT2D eigenvalue weighted by atomic mass is 10.0. The van der Waals surface area contributed by atoms with Crippen molar-refractivity contribution in [3.8, 4) is 11.1 Å². The van der Waals surface area contributed by atoms with Gasteiger partial charge < -0.3 is 11.5 Å². The van der Waals surface area contributed by atoms with Crippen LogP contribution < -0.4 is 11.5 Å². The summed E-state index contributed by atoms with van der Waals surface area (Å²) in [6.45, 7) is 0. The number of nitrogens with two attached hydrogens (primary N) is 2. The van der Waals surface area contributed by atoms with Crippen molar-refractivity contribution in [2.75, 3.05) is 17.7 Å². The van der Waals surface area contributed by atoms with Gasteiger partial charge in [-0.1, -0.05) is 12.1 Å². The topological polar surface area (TPSA) is 52.0 Å². The van der Waals surface area contributed by atoms with E-state index in [2.05, 4.69) is 30.5 Å². The first kappa shape index (κ1) is 10.9. The summed E-state index contributed by atoms with van der Waals surface area (Å²) in [5.41, 5.74) is 15.3. The molecular weight excluding hydrogens is 216 g/mol. The summed E-state index contributed by atoms with van der Waals surface area (Å²) in [4.78, 5) is 1.24. The average Bonchev–Trinajstić information content (AvgIpc) is 2.32. The van der Waals surface area contributed by atoms with Crippen molar-refractivity contribution in [1.29, 1.82) is 0 Å². The second-order valence-corrected chi connectivity index (χ2v) is 4.45. The second kappa shape index (κ2) is 4.49. The van der Waals surface area contributed by atoms with E-state index in [9.17, 15) is 0 Å². The minimum Gasteiger partial charge on any atom is -0.399 e. The first-order valence-electron chi connectivity index (χ1n) is 5.00. The summed E-state index contributed by atoms with van der Waals surface area (Å²) < 4.78 is 0. The van der Waals surface area contributed by atoms with Crippen molar-refractivity contribution in [1.82, 2.24) is 0 Å². The molecule has 4 N–H and O–H groups in total. The van der Waals surface area contributed by atoms with Gasteiger partial charge in [-0.25, -0.2) is 0 Å². The van der Waals surface area contributed by atoms with Gasteiger partial charge in [-0.05, 0) is 42.2 Å². The van der Waals surface area contributed by atoms with Gasteiger partial charge in [0, 0.05) is 21.8 Å². The highest BCUT2D eigenvalue weighted by Crippen LogP contribution is 2.29. The van der Waals surface area contributed by atoms with Crippen LogP contribution in [-0.2, 0) is 0 Å². The molecule has 0 bridgehead atoms. The van der Waals surface area contributed by atoms with E-state index >= 15 is 0 Å². The molecule has 2 aromatic rings. The predicted octanol–water partition coefficient (Wildman–Crippen LogP) is 3.24. The fourth-order valence-electron chi connectivity index (χ4n) is 1.59. The Morgan fingerprint density at radius 1 is 0.938 bits per heavy atom. The number of benzene rings is 2. The molecule has 0 aromatic heterocycles. The molecule has 2 aromatic carbocycles. The molecule has 0 fully saturated rings. The summed E-state index contributed by atoms with van der Waals surface area (Å²) in [6, 6.07) is 13.9. The Hall–Kier alpha value is -1.61. The smallest absolute Gasteiger partial charge is 0.0395 e. The molecule has 0 spiro atoms. The molecule has 0 unspecified atom stereocenters. The van der Waals surface area contributed by atoms with Crippen molar-refractivity contribution >= 4 is 23.1 Å². The Bertz CT molecular complexity index is 492. The van der Waals surface area contributed by atoms with Crippen LogP contribution in [0.3, 0.4) is 0 Å². The maximum Gasteiger partial charge on any atom is 0.0395 e. The van der Waals surface area contributed by atoms with Crippen molar-refractivity contribution < 1.29 is 0 Å². The Morgan fingerprint density at radius 3 is 2.25 bits per heavy atom. The molecular formula is C13H14N2S. The van der Waals surface area contributed by atoms with E-state index in [1.165, 1.54) is 4.90 Å². The van der Waals surface area contributed by atoms with E-state index in [4.69, 9.17) is 11.5 Å². The SMILES string of the molecule is CSc1ccc(-c2cc(N)ccc2N)cc1. The molecule has 0 aliphatic heterocycles. The van der Waals surface area contributed by atoms with Gasteiger partial charge in [0.15, 0.2) is 0 Å². The monoisotopic (exact) mass is 230 g/mol. The van der Waals surface area contributed by atoms with Crippen LogP contribution in [0.1, 0.15) is 0 Å². The van der Waals surface area contributed by atoms with Crippen LogP contribution >= 0.6 is 11.8 Å². The molecule has 0 radical (unpaired) electrons. The molecule has 0 aliphatic rings. The molecule has 0 saturated carbocycles. The fraction of sp³-hybridized carbons (Fsp3) is 0.0769. The Balaban J connectivity index is 2.45. The number of anilines is 2. The van der Waals surface area contributed by atoms with E-state index in [1.807, 2.05) is 18.2 Å². The van der Waals surface area contributed by atoms with Gasteiger partial charge in [-0.2, -0.15) is 0 Å². The van der Waals surface area contributed by atoms with E-state index in [-0.39, 0.29) is 0 Å². The van der Waals surface area contributed by atoms with Gasteiger partial charge in [-0.15, -0.1) is 11.8 Å². The van der Waals surface area contributed by atoms with Crippen molar-refractivity contribution in [3.63, 3.8) is 0 Å². The highest BCUT2D eigenvalue weighted by atomic mass is 32.2. The maximum absolute atomic E-state index is 5.93. The van der Waals surface area contributed by atoms with Gasteiger partial charge >= 0.3 is 0 Å². The molecule has 0 aliphatic carbocycles. The average molecular weight is 230 g/mol. The summed E-state index contributed by atoms with van der Waals surface area (Å²) >= 11 is 1.72. The normalized spacial score (nSPS) is 10.3. The summed E-state index contributed by atoms with van der Waals surface area (Å²) in [5, 5.41) is 0. The number of thioether (sulfide) groups is 1. The maximum atomic E-state index is 5.93. The van der Waals surface area contributed by atoms with Crippen LogP contribution in [0.5, 0.6) is 0 Å². The van der Waals surface area contributed by atoms with Gasteiger partial charge in [0.05, 0.1) is 0 Å². The van der Waals surface area contributed by atoms with Crippen LogP contribution in [0, 0.1) is 0 Å². The molecule has 0 amide bonds. The second-order valence-electron chi connectivity index (χ2n) is 3.58. The van der Waals surface area contributed by atoms with Gasteiger partial charge in [0.25, 0.3) is 0 Å². The lowest BCUT2D eigenvalue weighted by molar-refractivity contribution is 1.46.